The zero-order chi connectivity index (χ0) is 29.1. The molecule has 0 saturated heterocycles. The minimum absolute atomic E-state index is 0.285. The molecule has 4 rings (SSSR count). The van der Waals surface area contributed by atoms with E-state index in [9.17, 15) is 9.59 Å². The predicted octanol–water partition coefficient (Wildman–Crippen LogP) is 6.16. The molecule has 1 atom stereocenters. The summed E-state index contributed by atoms with van der Waals surface area (Å²) in [4.78, 5) is 32.0. The number of benzene rings is 3. The molecule has 0 bridgehead atoms. The van der Waals surface area contributed by atoms with E-state index in [0.29, 0.717) is 0 Å². The van der Waals surface area contributed by atoms with E-state index in [1.165, 1.54) is 13.2 Å². The molecule has 1 aromatic heterocycles. The Balaban J connectivity index is 1.57. The Bertz CT molecular complexity index is 1370. The van der Waals surface area contributed by atoms with Crippen molar-refractivity contribution in [2.24, 2.45) is 0 Å². The largest absolute Gasteiger partial charge is 0.467 e. The van der Waals surface area contributed by atoms with E-state index >= 15 is 0 Å². The maximum atomic E-state index is 12.8. The van der Waals surface area contributed by atoms with Crippen molar-refractivity contribution in [2.75, 3.05) is 31.9 Å². The molecule has 0 aliphatic heterocycles. The maximum absolute atomic E-state index is 12.8. The van der Waals surface area contributed by atoms with Crippen molar-refractivity contribution in [1.29, 1.82) is 0 Å². The molecule has 41 heavy (non-hydrogen) atoms. The Labute approximate surface area is 249 Å². The van der Waals surface area contributed by atoms with Crippen molar-refractivity contribution in [3.63, 3.8) is 0 Å². The number of nitrogens with one attached hydrogen (secondary N) is 1. The number of amides is 1. The number of anilines is 1. The molecule has 0 fully saturated rings. The van der Waals surface area contributed by atoms with E-state index in [0.717, 1.165) is 26.7 Å². The number of rotatable bonds is 12. The van der Waals surface area contributed by atoms with Crippen LogP contribution in [-0.2, 0) is 19.1 Å². The Morgan fingerprint density at radius 1 is 0.927 bits per heavy atom. The lowest BCUT2D eigenvalue weighted by Crippen LogP contribution is -2.43. The molecule has 0 aliphatic carbocycles. The van der Waals surface area contributed by atoms with Crippen LogP contribution in [0.5, 0.6) is 0 Å². The first-order valence-electron chi connectivity index (χ1n) is 13.1. The summed E-state index contributed by atoms with van der Waals surface area (Å²) in [5, 5.41) is 4.72. The highest BCUT2D eigenvalue weighted by molar-refractivity contribution is 8.00. The Morgan fingerprint density at radius 3 is 1.93 bits per heavy atom. The van der Waals surface area contributed by atoms with Crippen LogP contribution in [-0.4, -0.2) is 49.9 Å². The zero-order valence-electron chi connectivity index (χ0n) is 23.3. The second-order valence-corrected chi connectivity index (χ2v) is 11.6. The minimum Gasteiger partial charge on any atom is -0.467 e. The molecule has 0 unspecified atom stereocenters. The van der Waals surface area contributed by atoms with Crippen LogP contribution in [0.3, 0.4) is 0 Å². The number of aromatic nitrogens is 1. The fourth-order valence-electron chi connectivity index (χ4n) is 4.35. The maximum Gasteiger partial charge on any atom is 0.329 e. The number of hydrogen-bond acceptors (Lipinski definition) is 7. The molecule has 1 amide bonds. The van der Waals surface area contributed by atoms with Gasteiger partial charge < -0.3 is 15.0 Å². The van der Waals surface area contributed by atoms with Crippen LogP contribution in [0.1, 0.15) is 21.7 Å². The normalized spacial score (nSPS) is 12.4. The van der Waals surface area contributed by atoms with E-state index in [1.807, 2.05) is 79.7 Å². The van der Waals surface area contributed by atoms with Crippen molar-refractivity contribution < 1.29 is 14.3 Å². The van der Waals surface area contributed by atoms with Crippen molar-refractivity contribution >= 4 is 46.1 Å². The summed E-state index contributed by atoms with van der Waals surface area (Å²) < 4.78 is 4.46. The molecular weight excluding hydrogens is 551 g/mol. The number of methoxy groups -OCH3 is 1. The van der Waals surface area contributed by atoms with Gasteiger partial charge in [-0.1, -0.05) is 114 Å². The average Bonchev–Trinajstić information content (AvgIpc) is 3.50. The summed E-state index contributed by atoms with van der Waals surface area (Å²) in [5.74, 6) is -0.604. The topological polar surface area (TPSA) is 71.5 Å². The quantitative estimate of drug-likeness (QED) is 0.0932. The molecule has 0 radical (unpaired) electrons. The number of carbonyl (C=O) groups excluding carboxylic acids is 2. The molecule has 0 aliphatic rings. The van der Waals surface area contributed by atoms with E-state index in [2.05, 4.69) is 46.7 Å². The molecule has 1 heterocycles. The lowest BCUT2D eigenvalue weighted by atomic mass is 9.84. The van der Waals surface area contributed by atoms with Crippen LogP contribution >= 0.6 is 23.1 Å². The smallest absolute Gasteiger partial charge is 0.329 e. The Kier molecular flexibility index (Phi) is 10.5. The van der Waals surface area contributed by atoms with Crippen LogP contribution < -0.4 is 10.2 Å². The molecule has 3 aromatic carbocycles. The highest BCUT2D eigenvalue weighted by Gasteiger charge is 2.38. The molecule has 6 nitrogen and oxygen atoms in total. The second-order valence-electron chi connectivity index (χ2n) is 9.32. The van der Waals surface area contributed by atoms with Gasteiger partial charge in [0, 0.05) is 25.9 Å². The number of nitrogens with zero attached hydrogens (tertiary/aromatic N) is 2. The van der Waals surface area contributed by atoms with Crippen LogP contribution in [0.2, 0.25) is 0 Å². The van der Waals surface area contributed by atoms with Crippen LogP contribution in [0.15, 0.2) is 115 Å². The Hall–Kier alpha value is -4.14. The molecule has 210 valence electrons. The number of allylic oxidation sites excluding steroid dienone is 2. The first-order valence-corrected chi connectivity index (χ1v) is 14.9. The van der Waals surface area contributed by atoms with Gasteiger partial charge >= 0.3 is 5.97 Å². The fourth-order valence-corrected chi connectivity index (χ4v) is 6.65. The van der Waals surface area contributed by atoms with E-state index in [4.69, 9.17) is 4.74 Å². The summed E-state index contributed by atoms with van der Waals surface area (Å²) in [5.41, 5.74) is 3.21. The SMILES string of the molecule is COC(=O)[C@@H](CSC(c1ccccc1)(c1ccccc1)c1ccccc1)NC(=O)/C=C/C=C/c1ncc(N(C)C)s1. The minimum atomic E-state index is -0.858. The second kappa shape index (κ2) is 14.5. The average molecular weight is 584 g/mol. The van der Waals surface area contributed by atoms with Crippen LogP contribution in [0.25, 0.3) is 6.08 Å². The highest BCUT2D eigenvalue weighted by Crippen LogP contribution is 2.48. The van der Waals surface area contributed by atoms with Gasteiger partial charge in [-0.2, -0.15) is 0 Å². The molecule has 0 spiro atoms. The monoisotopic (exact) mass is 583 g/mol. The molecular formula is C33H33N3O3S2. The summed E-state index contributed by atoms with van der Waals surface area (Å²) in [6.07, 6.45) is 8.43. The van der Waals surface area contributed by atoms with E-state index in [1.54, 1.807) is 41.4 Å². The standard InChI is InChI=1S/C33H33N3O3S2/c1-36(2)31-23-34-30(41-31)22-14-13-21-29(37)35-28(32(38)39-3)24-40-33(25-15-7-4-8-16-25,26-17-9-5-10-18-26)27-19-11-6-12-20-27/h4-23,28H,24H2,1-3H3,(H,35,37)/b21-13+,22-14+/t28-/m1/s1. The summed E-state index contributed by atoms with van der Waals surface area (Å²) in [6, 6.07) is 29.8. The molecule has 1 N–H and O–H groups in total. The number of carbonyl (C=O) groups is 2. The highest BCUT2D eigenvalue weighted by atomic mass is 32.2. The zero-order valence-corrected chi connectivity index (χ0v) is 24.9. The molecule has 0 saturated carbocycles. The Morgan fingerprint density at radius 2 is 1.46 bits per heavy atom. The lowest BCUT2D eigenvalue weighted by molar-refractivity contribution is -0.143. The van der Waals surface area contributed by atoms with Crippen molar-refractivity contribution in [1.82, 2.24) is 10.3 Å². The van der Waals surface area contributed by atoms with Gasteiger partial charge in [0.25, 0.3) is 0 Å². The first kappa shape index (κ1) is 29.8. The fraction of sp³-hybridized carbons (Fsp3) is 0.182. The van der Waals surface area contributed by atoms with Gasteiger partial charge in [-0.25, -0.2) is 9.78 Å². The number of thiazole rings is 1. The van der Waals surface area contributed by atoms with Gasteiger partial charge in [-0.3, -0.25) is 4.79 Å². The predicted molar refractivity (Wildman–Crippen MR) is 170 cm³/mol. The van der Waals surface area contributed by atoms with Gasteiger partial charge in [-0.05, 0) is 22.8 Å². The molecule has 8 heteroatoms. The van der Waals surface area contributed by atoms with E-state index < -0.39 is 16.8 Å². The third-order valence-electron chi connectivity index (χ3n) is 6.36. The van der Waals surface area contributed by atoms with Gasteiger partial charge in [0.05, 0.1) is 18.1 Å². The first-order chi connectivity index (χ1) is 19.9. The van der Waals surface area contributed by atoms with Gasteiger partial charge in [0.15, 0.2) is 0 Å². The van der Waals surface area contributed by atoms with Crippen molar-refractivity contribution in [3.05, 3.63) is 137 Å². The van der Waals surface area contributed by atoms with Gasteiger partial charge in [0.2, 0.25) is 5.91 Å². The van der Waals surface area contributed by atoms with Crippen LogP contribution in [0, 0.1) is 0 Å². The van der Waals surface area contributed by atoms with Gasteiger partial charge in [-0.15, -0.1) is 11.8 Å². The third-order valence-corrected chi connectivity index (χ3v) is 9.13. The van der Waals surface area contributed by atoms with Crippen molar-refractivity contribution in [2.45, 2.75) is 10.8 Å². The number of thioether (sulfide) groups is 1. The number of hydrogen-bond donors (Lipinski definition) is 1. The molecule has 4 aromatic rings. The lowest BCUT2D eigenvalue weighted by Gasteiger charge is -2.36. The number of ether oxygens (including phenoxy) is 1. The number of esters is 1. The summed E-state index contributed by atoms with van der Waals surface area (Å²) >= 11 is 3.14. The van der Waals surface area contributed by atoms with E-state index in [-0.39, 0.29) is 11.7 Å². The van der Waals surface area contributed by atoms with Gasteiger partial charge in [0.1, 0.15) is 16.1 Å². The third kappa shape index (κ3) is 7.54. The van der Waals surface area contributed by atoms with Crippen molar-refractivity contribution in [3.8, 4) is 0 Å². The van der Waals surface area contributed by atoms with Crippen LogP contribution in [0.4, 0.5) is 5.00 Å². The summed E-state index contributed by atoms with van der Waals surface area (Å²) in [6.45, 7) is 0. The summed E-state index contributed by atoms with van der Waals surface area (Å²) in [7, 11) is 5.26.